The maximum Gasteiger partial charge on any atom is 0.242 e. The van der Waals surface area contributed by atoms with Crippen LogP contribution < -0.4 is 5.32 Å². The lowest BCUT2D eigenvalue weighted by Crippen LogP contribution is -2.51. The number of carbonyl (C=O) groups excluding carboxylic acids is 2. The molecule has 2 amide bonds. The molecule has 28 heavy (non-hydrogen) atoms. The molecule has 1 saturated heterocycles. The van der Waals surface area contributed by atoms with Crippen molar-refractivity contribution in [3.05, 3.63) is 71.8 Å². The Balaban J connectivity index is 1.56. The lowest BCUT2D eigenvalue weighted by molar-refractivity contribution is -0.134. The number of carbonyl (C=O) groups is 2. The second-order valence-corrected chi connectivity index (χ2v) is 7.17. The zero-order valence-corrected chi connectivity index (χ0v) is 16.5. The van der Waals surface area contributed by atoms with Crippen LogP contribution in [0.15, 0.2) is 60.7 Å². The molecule has 0 atom stereocenters. The van der Waals surface area contributed by atoms with Gasteiger partial charge in [0.2, 0.25) is 11.8 Å². The Hall–Kier alpha value is -2.66. The highest BCUT2D eigenvalue weighted by Gasteiger charge is 2.22. The number of hydrogen-bond donors (Lipinski definition) is 1. The van der Waals surface area contributed by atoms with E-state index >= 15 is 0 Å². The molecule has 0 aliphatic carbocycles. The number of nitrogens with one attached hydrogen (secondary N) is 1. The summed E-state index contributed by atoms with van der Waals surface area (Å²) in [7, 11) is 0. The topological polar surface area (TPSA) is 52.6 Å². The summed E-state index contributed by atoms with van der Waals surface area (Å²) in [6.45, 7) is 6.49. The van der Waals surface area contributed by atoms with Crippen molar-refractivity contribution in [1.82, 2.24) is 15.1 Å². The highest BCUT2D eigenvalue weighted by molar-refractivity contribution is 5.85. The zero-order valence-electron chi connectivity index (χ0n) is 16.5. The van der Waals surface area contributed by atoms with Crippen molar-refractivity contribution in [3.63, 3.8) is 0 Å². The Kier molecular flexibility index (Phi) is 7.20. The lowest BCUT2D eigenvalue weighted by Gasteiger charge is -2.34. The molecule has 5 heteroatoms. The van der Waals surface area contributed by atoms with E-state index in [1.807, 2.05) is 65.6 Å². The zero-order chi connectivity index (χ0) is 19.8. The normalized spacial score (nSPS) is 14.9. The van der Waals surface area contributed by atoms with Gasteiger partial charge in [0.05, 0.1) is 6.54 Å². The van der Waals surface area contributed by atoms with E-state index in [0.29, 0.717) is 6.42 Å². The first-order valence-electron chi connectivity index (χ1n) is 10.0. The lowest BCUT2D eigenvalue weighted by atomic mass is 9.88. The van der Waals surface area contributed by atoms with Gasteiger partial charge in [0.25, 0.3) is 0 Å². The van der Waals surface area contributed by atoms with Crippen LogP contribution in [-0.2, 0) is 9.59 Å². The first-order valence-corrected chi connectivity index (χ1v) is 10.0. The molecule has 3 rings (SSSR count). The van der Waals surface area contributed by atoms with E-state index in [4.69, 9.17) is 0 Å². The molecule has 2 aromatic carbocycles. The first kappa shape index (κ1) is 20.1. The number of benzene rings is 2. The maximum absolute atomic E-state index is 12.6. The molecule has 0 aromatic heterocycles. The molecule has 0 saturated carbocycles. The summed E-state index contributed by atoms with van der Waals surface area (Å²) in [4.78, 5) is 29.2. The summed E-state index contributed by atoms with van der Waals surface area (Å²) in [6, 6.07) is 20.1. The van der Waals surface area contributed by atoms with Gasteiger partial charge in [-0.15, -0.1) is 0 Å². The minimum Gasteiger partial charge on any atom is -0.347 e. The number of amides is 2. The fourth-order valence-corrected chi connectivity index (χ4v) is 3.66. The molecule has 2 aromatic rings. The second kappa shape index (κ2) is 10.0. The van der Waals surface area contributed by atoms with Crippen molar-refractivity contribution < 1.29 is 9.59 Å². The number of nitrogens with zero attached hydrogens (tertiary/aromatic N) is 2. The van der Waals surface area contributed by atoms with Crippen molar-refractivity contribution in [1.29, 1.82) is 0 Å². The molecule has 5 nitrogen and oxygen atoms in total. The van der Waals surface area contributed by atoms with Gasteiger partial charge in [-0.2, -0.15) is 0 Å². The summed E-state index contributed by atoms with van der Waals surface area (Å²) < 4.78 is 0. The molecule has 1 heterocycles. The second-order valence-electron chi connectivity index (χ2n) is 7.17. The van der Waals surface area contributed by atoms with E-state index in [9.17, 15) is 9.59 Å². The number of rotatable bonds is 7. The third kappa shape index (κ3) is 5.42. The quantitative estimate of drug-likeness (QED) is 0.804. The Labute approximate surface area is 167 Å². The summed E-state index contributed by atoms with van der Waals surface area (Å²) in [5, 5.41) is 2.83. The van der Waals surface area contributed by atoms with E-state index in [0.717, 1.165) is 43.9 Å². The van der Waals surface area contributed by atoms with E-state index in [-0.39, 0.29) is 24.3 Å². The van der Waals surface area contributed by atoms with E-state index in [1.54, 1.807) is 0 Å². The fraction of sp³-hybridized carbons (Fsp3) is 0.391. The standard InChI is InChI=1S/C23H29N3O2/c1-2-25-13-15-26(16-14-25)23(28)18-24-22(27)17-21(19-9-5-3-6-10-19)20-11-7-4-8-12-20/h3-12,21H,2,13-18H2,1H3,(H,24,27). The Morgan fingerprint density at radius 1 is 0.893 bits per heavy atom. The van der Waals surface area contributed by atoms with Gasteiger partial charge in [-0.05, 0) is 17.7 Å². The third-order valence-corrected chi connectivity index (χ3v) is 5.40. The molecule has 1 fully saturated rings. The van der Waals surface area contributed by atoms with Gasteiger partial charge in [0.1, 0.15) is 0 Å². The fourth-order valence-electron chi connectivity index (χ4n) is 3.66. The van der Waals surface area contributed by atoms with Crippen molar-refractivity contribution in [2.24, 2.45) is 0 Å². The molecule has 0 spiro atoms. The minimum absolute atomic E-state index is 0.0000697. The molecule has 148 valence electrons. The molecule has 0 radical (unpaired) electrons. The Bertz CT molecular complexity index is 716. The van der Waals surface area contributed by atoms with Crippen LogP contribution in [0.5, 0.6) is 0 Å². The first-order chi connectivity index (χ1) is 13.7. The van der Waals surface area contributed by atoms with Gasteiger partial charge in [-0.1, -0.05) is 67.6 Å². The van der Waals surface area contributed by atoms with Crippen molar-refractivity contribution in [3.8, 4) is 0 Å². The van der Waals surface area contributed by atoms with Crippen molar-refractivity contribution >= 4 is 11.8 Å². The maximum atomic E-state index is 12.6. The van der Waals surface area contributed by atoms with Crippen molar-refractivity contribution in [2.45, 2.75) is 19.3 Å². The predicted octanol–water partition coefficient (Wildman–Crippen LogP) is 2.49. The minimum atomic E-state index is -0.0988. The molecule has 1 aliphatic rings. The van der Waals surface area contributed by atoms with Crippen LogP contribution in [-0.4, -0.2) is 60.9 Å². The van der Waals surface area contributed by atoms with Crippen LogP contribution in [0.1, 0.15) is 30.4 Å². The van der Waals surface area contributed by atoms with Gasteiger partial charge in [0, 0.05) is 38.5 Å². The van der Waals surface area contributed by atoms with Crippen LogP contribution >= 0.6 is 0 Å². The predicted molar refractivity (Wildman–Crippen MR) is 111 cm³/mol. The van der Waals surface area contributed by atoms with Gasteiger partial charge in [-0.3, -0.25) is 9.59 Å². The monoisotopic (exact) mass is 379 g/mol. The highest BCUT2D eigenvalue weighted by Crippen LogP contribution is 2.27. The van der Waals surface area contributed by atoms with Crippen LogP contribution in [0.4, 0.5) is 0 Å². The summed E-state index contributed by atoms with van der Waals surface area (Å²) >= 11 is 0. The van der Waals surface area contributed by atoms with Gasteiger partial charge < -0.3 is 15.1 Å². The van der Waals surface area contributed by atoms with E-state index in [1.165, 1.54) is 0 Å². The molecular formula is C23H29N3O2. The van der Waals surface area contributed by atoms with Gasteiger partial charge in [-0.25, -0.2) is 0 Å². The van der Waals surface area contributed by atoms with Gasteiger partial charge >= 0.3 is 0 Å². The van der Waals surface area contributed by atoms with E-state index in [2.05, 4.69) is 17.1 Å². The largest absolute Gasteiger partial charge is 0.347 e. The molecule has 1 N–H and O–H groups in total. The number of hydrogen-bond acceptors (Lipinski definition) is 3. The summed E-state index contributed by atoms with van der Waals surface area (Å²) in [6.07, 6.45) is 0.324. The Morgan fingerprint density at radius 3 is 1.93 bits per heavy atom. The van der Waals surface area contributed by atoms with Crippen molar-refractivity contribution in [2.75, 3.05) is 39.3 Å². The van der Waals surface area contributed by atoms with Crippen LogP contribution in [0, 0.1) is 0 Å². The number of likely N-dealkylation sites (N-methyl/N-ethyl adjacent to an activating group) is 1. The molecule has 0 unspecified atom stereocenters. The summed E-state index contributed by atoms with van der Waals surface area (Å²) in [5.41, 5.74) is 2.21. The molecule has 0 bridgehead atoms. The van der Waals surface area contributed by atoms with E-state index < -0.39 is 0 Å². The molecule has 1 aliphatic heterocycles. The average molecular weight is 380 g/mol. The SMILES string of the molecule is CCN1CCN(C(=O)CNC(=O)CC(c2ccccc2)c2ccccc2)CC1. The third-order valence-electron chi connectivity index (χ3n) is 5.40. The molecular weight excluding hydrogens is 350 g/mol. The summed E-state index contributed by atoms with van der Waals surface area (Å²) in [5.74, 6) is -0.121. The van der Waals surface area contributed by atoms with Crippen LogP contribution in [0.25, 0.3) is 0 Å². The van der Waals surface area contributed by atoms with Crippen LogP contribution in [0.2, 0.25) is 0 Å². The Morgan fingerprint density at radius 2 is 1.43 bits per heavy atom. The highest BCUT2D eigenvalue weighted by atomic mass is 16.2. The average Bonchev–Trinajstić information content (AvgIpc) is 2.77. The van der Waals surface area contributed by atoms with Crippen LogP contribution in [0.3, 0.4) is 0 Å². The smallest absolute Gasteiger partial charge is 0.242 e. The van der Waals surface area contributed by atoms with Gasteiger partial charge in [0.15, 0.2) is 0 Å². The number of piperazine rings is 1.